The number of aliphatic hydroxyl groups excluding tert-OH is 1. The number of amides is 1. The molecular formula is C21H23N3O6S. The second-order valence-corrected chi connectivity index (χ2v) is 8.44. The Morgan fingerprint density at radius 2 is 2.16 bits per heavy atom. The number of aryl methyl sites for hydroxylation is 3. The van der Waals surface area contributed by atoms with Crippen molar-refractivity contribution in [1.29, 1.82) is 0 Å². The second-order valence-electron chi connectivity index (χ2n) is 7.24. The fourth-order valence-electron chi connectivity index (χ4n) is 3.19. The van der Waals surface area contributed by atoms with E-state index in [0.29, 0.717) is 27.5 Å². The van der Waals surface area contributed by atoms with E-state index in [0.717, 1.165) is 10.4 Å². The summed E-state index contributed by atoms with van der Waals surface area (Å²) in [6, 6.07) is 5.14. The number of fused-ring (bicyclic) bond motifs is 2. The molecule has 1 aliphatic heterocycles. The van der Waals surface area contributed by atoms with Gasteiger partial charge < -0.3 is 24.6 Å². The lowest BCUT2D eigenvalue weighted by Crippen LogP contribution is -2.36. The van der Waals surface area contributed by atoms with Gasteiger partial charge in [-0.25, -0.2) is 4.98 Å². The molecule has 0 bridgehead atoms. The number of nitrogens with one attached hydrogen (secondary N) is 1. The van der Waals surface area contributed by atoms with Gasteiger partial charge in [0.1, 0.15) is 23.3 Å². The molecule has 1 atom stereocenters. The predicted octanol–water partition coefficient (Wildman–Crippen LogP) is 1.75. The zero-order valence-electron chi connectivity index (χ0n) is 17.2. The number of benzene rings is 1. The van der Waals surface area contributed by atoms with Crippen LogP contribution < -0.4 is 25.1 Å². The summed E-state index contributed by atoms with van der Waals surface area (Å²) in [4.78, 5) is 30.9. The molecule has 164 valence electrons. The third-order valence-corrected chi connectivity index (χ3v) is 6.17. The van der Waals surface area contributed by atoms with Gasteiger partial charge in [0.15, 0.2) is 11.5 Å². The van der Waals surface area contributed by atoms with E-state index in [1.54, 1.807) is 18.2 Å². The maximum absolute atomic E-state index is 12.7. The van der Waals surface area contributed by atoms with E-state index in [2.05, 4.69) is 10.3 Å². The van der Waals surface area contributed by atoms with Gasteiger partial charge >= 0.3 is 0 Å². The quantitative estimate of drug-likeness (QED) is 0.543. The molecule has 0 spiro atoms. The maximum atomic E-state index is 12.7. The Kier molecular flexibility index (Phi) is 6.10. The number of rotatable bonds is 8. The molecule has 4 rings (SSSR count). The molecular weight excluding hydrogens is 422 g/mol. The normalized spacial score (nSPS) is 13.4. The number of carbonyl (C=O) groups excluding carboxylic acids is 1. The monoisotopic (exact) mass is 445 g/mol. The van der Waals surface area contributed by atoms with E-state index < -0.39 is 6.10 Å². The summed E-state index contributed by atoms with van der Waals surface area (Å²) in [5, 5.41) is 13.3. The van der Waals surface area contributed by atoms with Gasteiger partial charge in [-0.05, 0) is 31.5 Å². The van der Waals surface area contributed by atoms with Crippen LogP contribution in [0.1, 0.15) is 16.9 Å². The van der Waals surface area contributed by atoms with Crippen LogP contribution in [0.4, 0.5) is 0 Å². The lowest BCUT2D eigenvalue weighted by atomic mass is 10.2. The Hall–Kier alpha value is -3.11. The van der Waals surface area contributed by atoms with Gasteiger partial charge in [0, 0.05) is 30.5 Å². The molecule has 1 aliphatic rings. The third-order valence-electron chi connectivity index (χ3n) is 5.06. The highest BCUT2D eigenvalue weighted by atomic mass is 32.1. The van der Waals surface area contributed by atoms with Crippen molar-refractivity contribution in [2.75, 3.05) is 19.9 Å². The molecule has 1 amide bonds. The standard InChI is InChI=1S/C21H23N3O6S/c1-12-13(2)31-20-19(12)21(27)24(10-23-20)6-5-18(26)22-8-14(25)9-28-15-3-4-16-17(7-15)30-11-29-16/h3-4,7,10,14,25H,5-6,8-9,11H2,1-2H3,(H,22,26). The number of hydrogen-bond acceptors (Lipinski definition) is 8. The van der Waals surface area contributed by atoms with Crippen molar-refractivity contribution in [3.8, 4) is 17.2 Å². The lowest BCUT2D eigenvalue weighted by molar-refractivity contribution is -0.121. The second kappa shape index (κ2) is 8.94. The minimum atomic E-state index is -0.883. The van der Waals surface area contributed by atoms with Gasteiger partial charge in [-0.3, -0.25) is 14.2 Å². The van der Waals surface area contributed by atoms with Gasteiger partial charge in [-0.2, -0.15) is 0 Å². The van der Waals surface area contributed by atoms with Crippen LogP contribution in [0.25, 0.3) is 10.2 Å². The minimum absolute atomic E-state index is 0.0107. The topological polar surface area (TPSA) is 112 Å². The third kappa shape index (κ3) is 4.64. The number of thiophene rings is 1. The number of nitrogens with zero attached hydrogens (tertiary/aromatic N) is 2. The highest BCUT2D eigenvalue weighted by Crippen LogP contribution is 2.35. The van der Waals surface area contributed by atoms with E-state index in [4.69, 9.17) is 14.2 Å². The molecule has 3 heterocycles. The summed E-state index contributed by atoms with van der Waals surface area (Å²) in [6.45, 7) is 4.30. The molecule has 3 aromatic rings. The fraction of sp³-hybridized carbons (Fsp3) is 0.381. The Balaban J connectivity index is 1.24. The summed E-state index contributed by atoms with van der Waals surface area (Å²) in [5.41, 5.74) is 0.790. The zero-order valence-corrected chi connectivity index (χ0v) is 18.0. The Bertz CT molecular complexity index is 1170. The van der Waals surface area contributed by atoms with Crippen LogP contribution in [0, 0.1) is 13.8 Å². The van der Waals surface area contributed by atoms with Crippen molar-refractivity contribution in [2.24, 2.45) is 0 Å². The molecule has 9 nitrogen and oxygen atoms in total. The first kappa shape index (κ1) is 21.1. The molecule has 10 heteroatoms. The smallest absolute Gasteiger partial charge is 0.262 e. The first-order chi connectivity index (χ1) is 14.9. The summed E-state index contributed by atoms with van der Waals surface area (Å²) < 4.78 is 17.5. The highest BCUT2D eigenvalue weighted by molar-refractivity contribution is 7.18. The number of aromatic nitrogens is 2. The van der Waals surface area contributed by atoms with Gasteiger partial charge in [0.25, 0.3) is 5.56 Å². The van der Waals surface area contributed by atoms with Gasteiger partial charge in [-0.1, -0.05) is 0 Å². The van der Waals surface area contributed by atoms with Crippen molar-refractivity contribution in [2.45, 2.75) is 32.9 Å². The van der Waals surface area contributed by atoms with E-state index >= 15 is 0 Å². The molecule has 0 radical (unpaired) electrons. The van der Waals surface area contributed by atoms with Crippen molar-refractivity contribution < 1.29 is 24.1 Å². The summed E-state index contributed by atoms with van der Waals surface area (Å²) in [5.74, 6) is 1.51. The number of aliphatic hydroxyl groups is 1. The number of hydrogen-bond donors (Lipinski definition) is 2. The number of carbonyl (C=O) groups is 1. The fourth-order valence-corrected chi connectivity index (χ4v) is 4.18. The molecule has 2 N–H and O–H groups in total. The Labute approximate surface area is 182 Å². The zero-order chi connectivity index (χ0) is 22.0. The molecule has 1 unspecified atom stereocenters. The van der Waals surface area contributed by atoms with Crippen LogP contribution in [0.2, 0.25) is 0 Å². The largest absolute Gasteiger partial charge is 0.491 e. The number of ether oxygens (including phenoxy) is 3. The molecule has 0 saturated heterocycles. The van der Waals surface area contributed by atoms with Crippen LogP contribution in [0.3, 0.4) is 0 Å². The molecule has 0 aliphatic carbocycles. The molecule has 1 aromatic carbocycles. The predicted molar refractivity (Wildman–Crippen MR) is 115 cm³/mol. The molecule has 31 heavy (non-hydrogen) atoms. The maximum Gasteiger partial charge on any atom is 0.262 e. The van der Waals surface area contributed by atoms with Crippen molar-refractivity contribution in [3.63, 3.8) is 0 Å². The molecule has 0 saturated carbocycles. The Morgan fingerprint density at radius 3 is 3.00 bits per heavy atom. The van der Waals surface area contributed by atoms with Gasteiger partial charge in [0.2, 0.25) is 12.7 Å². The highest BCUT2D eigenvalue weighted by Gasteiger charge is 2.15. The van der Waals surface area contributed by atoms with Crippen molar-refractivity contribution in [3.05, 3.63) is 45.3 Å². The van der Waals surface area contributed by atoms with Crippen LogP contribution in [0.15, 0.2) is 29.3 Å². The van der Waals surface area contributed by atoms with Crippen LogP contribution in [0.5, 0.6) is 17.2 Å². The Morgan fingerprint density at radius 1 is 1.35 bits per heavy atom. The van der Waals surface area contributed by atoms with E-state index in [1.807, 2.05) is 13.8 Å². The average Bonchev–Trinajstić information content (AvgIpc) is 3.34. The summed E-state index contributed by atoms with van der Waals surface area (Å²) in [7, 11) is 0. The van der Waals surface area contributed by atoms with Crippen LogP contribution in [-0.4, -0.2) is 46.6 Å². The van der Waals surface area contributed by atoms with Gasteiger partial charge in [-0.15, -0.1) is 11.3 Å². The van der Waals surface area contributed by atoms with E-state index in [-0.39, 0.29) is 44.4 Å². The van der Waals surface area contributed by atoms with Gasteiger partial charge in [0.05, 0.1) is 11.7 Å². The van der Waals surface area contributed by atoms with E-state index in [1.165, 1.54) is 22.2 Å². The van der Waals surface area contributed by atoms with Crippen LogP contribution in [-0.2, 0) is 11.3 Å². The first-order valence-electron chi connectivity index (χ1n) is 9.84. The lowest BCUT2D eigenvalue weighted by Gasteiger charge is -2.14. The SMILES string of the molecule is Cc1sc2ncn(CCC(=O)NCC(O)COc3ccc4c(c3)OCO4)c(=O)c2c1C. The minimum Gasteiger partial charge on any atom is -0.491 e. The van der Waals surface area contributed by atoms with Crippen molar-refractivity contribution >= 4 is 27.5 Å². The molecule has 2 aromatic heterocycles. The molecule has 0 fully saturated rings. The van der Waals surface area contributed by atoms with Crippen molar-refractivity contribution in [1.82, 2.24) is 14.9 Å². The first-order valence-corrected chi connectivity index (χ1v) is 10.7. The average molecular weight is 445 g/mol. The van der Waals surface area contributed by atoms with Crippen LogP contribution >= 0.6 is 11.3 Å². The summed E-state index contributed by atoms with van der Waals surface area (Å²) in [6.07, 6.45) is 0.693. The summed E-state index contributed by atoms with van der Waals surface area (Å²) >= 11 is 1.49. The van der Waals surface area contributed by atoms with E-state index in [9.17, 15) is 14.7 Å².